The number of benzene rings is 3. The van der Waals surface area contributed by atoms with Crippen molar-refractivity contribution in [3.63, 3.8) is 0 Å². The molecule has 0 aliphatic carbocycles. The average molecular weight is 528 g/mol. The molecule has 1 fully saturated rings. The van der Waals surface area contributed by atoms with Gasteiger partial charge >= 0.3 is 5.69 Å². The van der Waals surface area contributed by atoms with Crippen LogP contribution in [0.25, 0.3) is 0 Å². The number of aromatic amines is 1. The smallest absolute Gasteiger partial charge is 0.330 e. The van der Waals surface area contributed by atoms with Crippen LogP contribution in [0.1, 0.15) is 34.6 Å². The van der Waals surface area contributed by atoms with Crippen LogP contribution in [0.4, 0.5) is 0 Å². The van der Waals surface area contributed by atoms with Crippen molar-refractivity contribution in [2.75, 3.05) is 13.7 Å². The number of nitrogens with zero attached hydrogens (tertiary/aromatic N) is 1. The zero-order valence-corrected chi connectivity index (χ0v) is 22.0. The largest absolute Gasteiger partial charge is 0.497 e. The number of hydrogen-bond donors (Lipinski definition) is 3. The Kier molecular flexibility index (Phi) is 7.79. The number of hydrogen-bond acceptors (Lipinski definition) is 6. The van der Waals surface area contributed by atoms with Crippen LogP contribution in [0.3, 0.4) is 0 Å². The SMILES string of the molecule is COc1ccc(CNC[C@H]2O[C@@](C(c3ccccc3)c3ccccc3)(n3cc(C)c(=O)[nH]c3=O)C[C@@H]2O)cc1. The summed E-state index contributed by atoms with van der Waals surface area (Å²) in [5, 5.41) is 14.7. The minimum absolute atomic E-state index is 0.154. The molecule has 0 radical (unpaired) electrons. The van der Waals surface area contributed by atoms with E-state index in [0.29, 0.717) is 18.7 Å². The number of rotatable bonds is 9. The molecule has 2 heterocycles. The zero-order chi connectivity index (χ0) is 27.4. The van der Waals surface area contributed by atoms with Crippen LogP contribution in [0, 0.1) is 6.92 Å². The summed E-state index contributed by atoms with van der Waals surface area (Å²) in [6.45, 7) is 2.59. The lowest BCUT2D eigenvalue weighted by molar-refractivity contribution is -0.116. The lowest BCUT2D eigenvalue weighted by Gasteiger charge is -2.39. The van der Waals surface area contributed by atoms with Gasteiger partial charge in [0, 0.05) is 31.3 Å². The molecule has 1 aliphatic heterocycles. The van der Waals surface area contributed by atoms with Gasteiger partial charge in [0.1, 0.15) is 5.75 Å². The van der Waals surface area contributed by atoms with Crippen molar-refractivity contribution in [2.24, 2.45) is 0 Å². The third-order valence-electron chi connectivity index (χ3n) is 7.36. The van der Waals surface area contributed by atoms with Crippen molar-refractivity contribution in [3.05, 3.63) is 134 Å². The summed E-state index contributed by atoms with van der Waals surface area (Å²) >= 11 is 0. The summed E-state index contributed by atoms with van der Waals surface area (Å²) in [6, 6.07) is 27.4. The molecule has 8 nitrogen and oxygen atoms in total. The van der Waals surface area contributed by atoms with E-state index in [1.54, 1.807) is 20.2 Å². The quantitative estimate of drug-likeness (QED) is 0.309. The van der Waals surface area contributed by atoms with Gasteiger partial charge < -0.3 is 19.9 Å². The van der Waals surface area contributed by atoms with Crippen molar-refractivity contribution in [1.29, 1.82) is 0 Å². The van der Waals surface area contributed by atoms with Gasteiger partial charge in [-0.25, -0.2) is 4.79 Å². The number of ether oxygens (including phenoxy) is 2. The zero-order valence-electron chi connectivity index (χ0n) is 22.0. The van der Waals surface area contributed by atoms with E-state index in [1.165, 1.54) is 4.57 Å². The highest BCUT2D eigenvalue weighted by atomic mass is 16.6. The molecular weight excluding hydrogens is 494 g/mol. The van der Waals surface area contributed by atoms with E-state index >= 15 is 0 Å². The summed E-state index contributed by atoms with van der Waals surface area (Å²) in [5.74, 6) is 0.344. The lowest BCUT2D eigenvalue weighted by Crippen LogP contribution is -2.49. The van der Waals surface area contributed by atoms with Crippen LogP contribution >= 0.6 is 0 Å². The molecule has 1 saturated heterocycles. The van der Waals surface area contributed by atoms with Crippen LogP contribution in [0.2, 0.25) is 0 Å². The van der Waals surface area contributed by atoms with Crippen molar-refractivity contribution >= 4 is 0 Å². The van der Waals surface area contributed by atoms with E-state index in [1.807, 2.05) is 84.9 Å². The maximum Gasteiger partial charge on any atom is 0.330 e. The van der Waals surface area contributed by atoms with E-state index < -0.39 is 35.1 Å². The summed E-state index contributed by atoms with van der Waals surface area (Å²) in [6.07, 6.45) is 0.238. The van der Waals surface area contributed by atoms with E-state index in [4.69, 9.17) is 9.47 Å². The van der Waals surface area contributed by atoms with Gasteiger partial charge in [-0.1, -0.05) is 72.8 Å². The molecule has 0 spiro atoms. The van der Waals surface area contributed by atoms with Gasteiger partial charge in [-0.05, 0) is 35.7 Å². The van der Waals surface area contributed by atoms with E-state index in [2.05, 4.69) is 10.3 Å². The molecule has 3 N–H and O–H groups in total. The molecule has 0 bridgehead atoms. The molecule has 3 atom stereocenters. The monoisotopic (exact) mass is 527 g/mol. The van der Waals surface area contributed by atoms with E-state index in [-0.39, 0.29) is 6.42 Å². The summed E-state index contributed by atoms with van der Waals surface area (Å²) in [5.41, 5.74) is 0.985. The Hall–Kier alpha value is -3.98. The fraction of sp³-hybridized carbons (Fsp3) is 0.290. The normalized spacial score (nSPS) is 20.8. The second-order valence-corrected chi connectivity index (χ2v) is 9.95. The van der Waals surface area contributed by atoms with Crippen LogP contribution in [0.5, 0.6) is 5.75 Å². The van der Waals surface area contributed by atoms with Crippen LogP contribution < -0.4 is 21.3 Å². The van der Waals surface area contributed by atoms with Gasteiger partial charge in [0.05, 0.1) is 25.2 Å². The Labute approximate surface area is 226 Å². The minimum atomic E-state index is -1.29. The topological polar surface area (TPSA) is 106 Å². The second-order valence-electron chi connectivity index (χ2n) is 9.95. The first kappa shape index (κ1) is 26.6. The van der Waals surface area contributed by atoms with Crippen LogP contribution in [-0.4, -0.2) is 40.5 Å². The molecule has 39 heavy (non-hydrogen) atoms. The third kappa shape index (κ3) is 5.45. The van der Waals surface area contributed by atoms with Gasteiger partial charge in [-0.15, -0.1) is 0 Å². The third-order valence-corrected chi connectivity index (χ3v) is 7.36. The second kappa shape index (κ2) is 11.4. The molecule has 8 heteroatoms. The first-order valence-corrected chi connectivity index (χ1v) is 13.0. The molecule has 202 valence electrons. The average Bonchev–Trinajstić information content (AvgIpc) is 3.28. The van der Waals surface area contributed by atoms with Crippen LogP contribution in [-0.2, 0) is 17.0 Å². The molecule has 1 aromatic heterocycles. The molecule has 3 aromatic carbocycles. The Bertz CT molecular complexity index is 1460. The molecule has 5 rings (SSSR count). The predicted octanol–water partition coefficient (Wildman–Crippen LogP) is 3.28. The van der Waals surface area contributed by atoms with Gasteiger partial charge in [-0.3, -0.25) is 14.3 Å². The number of nitrogens with one attached hydrogen (secondary N) is 2. The minimum Gasteiger partial charge on any atom is -0.497 e. The summed E-state index contributed by atoms with van der Waals surface area (Å²) in [7, 11) is 1.63. The van der Waals surface area contributed by atoms with Crippen molar-refractivity contribution in [1.82, 2.24) is 14.9 Å². The van der Waals surface area contributed by atoms with Gasteiger partial charge in [-0.2, -0.15) is 0 Å². The molecule has 0 amide bonds. The number of methoxy groups -OCH3 is 1. The summed E-state index contributed by atoms with van der Waals surface area (Å²) < 4.78 is 13.5. The van der Waals surface area contributed by atoms with E-state index in [9.17, 15) is 14.7 Å². The highest BCUT2D eigenvalue weighted by molar-refractivity contribution is 5.36. The Morgan fingerprint density at radius 2 is 1.64 bits per heavy atom. The Balaban J connectivity index is 1.54. The van der Waals surface area contributed by atoms with Crippen molar-refractivity contribution in [3.8, 4) is 5.75 Å². The Morgan fingerprint density at radius 1 is 1.03 bits per heavy atom. The highest BCUT2D eigenvalue weighted by Gasteiger charge is 2.53. The number of aryl methyl sites for hydroxylation is 1. The lowest BCUT2D eigenvalue weighted by atomic mass is 9.80. The first-order valence-electron chi connectivity index (χ1n) is 13.0. The molecule has 0 unspecified atom stereocenters. The fourth-order valence-corrected chi connectivity index (χ4v) is 5.43. The van der Waals surface area contributed by atoms with Crippen molar-refractivity contribution < 1.29 is 14.6 Å². The van der Waals surface area contributed by atoms with Gasteiger partial charge in [0.15, 0.2) is 5.72 Å². The number of H-pyrrole nitrogens is 1. The molecular formula is C31H33N3O5. The molecule has 1 aliphatic rings. The standard InChI is InChI=1S/C31H33N3O5/c1-21-20-34(30(37)33-29(21)36)31(28(23-9-5-3-6-10-23)24-11-7-4-8-12-24)17-26(35)27(39-31)19-32-18-22-13-15-25(38-2)16-14-22/h3-16,20,26-28,32,35H,17-19H2,1-2H3,(H,33,36,37)/t26-,27+,31-/m0/s1. The van der Waals surface area contributed by atoms with Crippen molar-refractivity contribution in [2.45, 2.75) is 43.7 Å². The number of aromatic nitrogens is 2. The molecule has 4 aromatic rings. The maximum absolute atomic E-state index is 13.3. The van der Waals surface area contributed by atoms with E-state index in [0.717, 1.165) is 22.4 Å². The predicted molar refractivity (Wildman–Crippen MR) is 149 cm³/mol. The van der Waals surface area contributed by atoms with Gasteiger partial charge in [0.2, 0.25) is 0 Å². The Morgan fingerprint density at radius 3 is 2.23 bits per heavy atom. The summed E-state index contributed by atoms with van der Waals surface area (Å²) in [4.78, 5) is 28.1. The number of aliphatic hydroxyl groups is 1. The fourth-order valence-electron chi connectivity index (χ4n) is 5.43. The maximum atomic E-state index is 13.3. The molecule has 0 saturated carbocycles. The first-order chi connectivity index (χ1) is 18.9. The highest BCUT2D eigenvalue weighted by Crippen LogP contribution is 2.48. The van der Waals surface area contributed by atoms with Gasteiger partial charge in [0.25, 0.3) is 5.56 Å². The number of aliphatic hydroxyl groups excluding tert-OH is 1. The van der Waals surface area contributed by atoms with Crippen LogP contribution in [0.15, 0.2) is 101 Å².